The van der Waals surface area contributed by atoms with Gasteiger partial charge in [-0.3, -0.25) is 0 Å². The van der Waals surface area contributed by atoms with Crippen molar-refractivity contribution in [2.45, 2.75) is 18.3 Å². The molecule has 0 radical (unpaired) electrons. The lowest BCUT2D eigenvalue weighted by molar-refractivity contribution is 0.00162. The number of benzene rings is 1. The maximum absolute atomic E-state index is 9.67. The minimum absolute atomic E-state index is 0.185. The Bertz CT molecular complexity index is 269. The Labute approximate surface area is 76.6 Å². The van der Waals surface area contributed by atoms with Crippen molar-refractivity contribution in [2.75, 3.05) is 6.61 Å². The standard InChI is InChI=1S/C10H12O3/c11-9(10(12)8-6-13-8)7-4-2-1-3-5-7/h1-5,8-12H,6H2/t8-,9+,10+/m0/s1. The molecule has 70 valence electrons. The van der Waals surface area contributed by atoms with Crippen LogP contribution >= 0.6 is 0 Å². The summed E-state index contributed by atoms with van der Waals surface area (Å²) >= 11 is 0. The van der Waals surface area contributed by atoms with Gasteiger partial charge in [0.15, 0.2) is 0 Å². The number of hydrogen-bond donors (Lipinski definition) is 2. The summed E-state index contributed by atoms with van der Waals surface area (Å²) in [6, 6.07) is 9.11. The number of rotatable bonds is 3. The lowest BCUT2D eigenvalue weighted by Gasteiger charge is -2.15. The van der Waals surface area contributed by atoms with Crippen molar-refractivity contribution in [3.63, 3.8) is 0 Å². The smallest absolute Gasteiger partial charge is 0.112 e. The Morgan fingerprint density at radius 3 is 2.38 bits per heavy atom. The fourth-order valence-corrected chi connectivity index (χ4v) is 1.30. The van der Waals surface area contributed by atoms with E-state index in [1.807, 2.05) is 18.2 Å². The molecular weight excluding hydrogens is 168 g/mol. The SMILES string of the molecule is O[C@H]([C@@H]1CO1)[C@H](O)c1ccccc1. The molecule has 1 heterocycles. The van der Waals surface area contributed by atoms with E-state index >= 15 is 0 Å². The number of epoxide rings is 1. The van der Waals surface area contributed by atoms with Crippen LogP contribution in [0, 0.1) is 0 Å². The van der Waals surface area contributed by atoms with Crippen molar-refractivity contribution in [2.24, 2.45) is 0 Å². The molecule has 0 saturated carbocycles. The molecule has 0 unspecified atom stereocenters. The topological polar surface area (TPSA) is 53.0 Å². The quantitative estimate of drug-likeness (QED) is 0.665. The molecule has 2 N–H and O–H groups in total. The van der Waals surface area contributed by atoms with Gasteiger partial charge in [-0.25, -0.2) is 0 Å². The Morgan fingerprint density at radius 1 is 1.23 bits per heavy atom. The van der Waals surface area contributed by atoms with Gasteiger partial charge < -0.3 is 14.9 Å². The highest BCUT2D eigenvalue weighted by molar-refractivity contribution is 5.19. The van der Waals surface area contributed by atoms with Gasteiger partial charge >= 0.3 is 0 Å². The van der Waals surface area contributed by atoms with E-state index < -0.39 is 12.2 Å². The molecule has 0 amide bonds. The zero-order chi connectivity index (χ0) is 9.26. The van der Waals surface area contributed by atoms with Gasteiger partial charge in [0.2, 0.25) is 0 Å². The summed E-state index contributed by atoms with van der Waals surface area (Å²) in [5, 5.41) is 19.2. The van der Waals surface area contributed by atoms with Crippen LogP contribution in [0.1, 0.15) is 11.7 Å². The molecule has 0 aromatic heterocycles. The maximum Gasteiger partial charge on any atom is 0.112 e. The largest absolute Gasteiger partial charge is 0.387 e. The molecule has 1 fully saturated rings. The molecule has 0 aliphatic carbocycles. The first-order chi connectivity index (χ1) is 6.29. The number of aliphatic hydroxyl groups is 2. The molecule has 1 aromatic rings. The summed E-state index contributed by atoms with van der Waals surface area (Å²) < 4.78 is 4.90. The van der Waals surface area contributed by atoms with Crippen LogP contribution in [-0.4, -0.2) is 29.0 Å². The highest BCUT2D eigenvalue weighted by Crippen LogP contribution is 2.25. The Hall–Kier alpha value is -0.900. The summed E-state index contributed by atoms with van der Waals surface area (Å²) in [5.74, 6) is 0. The third kappa shape index (κ3) is 1.88. The van der Waals surface area contributed by atoms with Crippen LogP contribution in [0.25, 0.3) is 0 Å². The van der Waals surface area contributed by atoms with E-state index in [0.29, 0.717) is 6.61 Å². The molecule has 2 rings (SSSR count). The van der Waals surface area contributed by atoms with Gasteiger partial charge in [-0.2, -0.15) is 0 Å². The third-order valence-electron chi connectivity index (χ3n) is 2.20. The van der Waals surface area contributed by atoms with Gasteiger partial charge in [-0.15, -0.1) is 0 Å². The van der Waals surface area contributed by atoms with E-state index in [1.54, 1.807) is 12.1 Å². The van der Waals surface area contributed by atoms with Crippen LogP contribution in [0.3, 0.4) is 0 Å². The van der Waals surface area contributed by atoms with Crippen LogP contribution in [0.15, 0.2) is 30.3 Å². The van der Waals surface area contributed by atoms with E-state index in [0.717, 1.165) is 5.56 Å². The molecule has 0 bridgehead atoms. The molecule has 0 spiro atoms. The summed E-state index contributed by atoms with van der Waals surface area (Å²) in [4.78, 5) is 0. The number of aliphatic hydroxyl groups excluding tert-OH is 2. The molecule has 3 nitrogen and oxygen atoms in total. The van der Waals surface area contributed by atoms with Crippen LogP contribution in [0.5, 0.6) is 0 Å². The van der Waals surface area contributed by atoms with Gasteiger partial charge in [0.1, 0.15) is 18.3 Å². The molecular formula is C10H12O3. The van der Waals surface area contributed by atoms with Crippen LogP contribution < -0.4 is 0 Å². The van der Waals surface area contributed by atoms with E-state index in [2.05, 4.69) is 0 Å². The first-order valence-corrected chi connectivity index (χ1v) is 4.32. The molecule has 1 aliphatic heterocycles. The average molecular weight is 180 g/mol. The van der Waals surface area contributed by atoms with Gasteiger partial charge in [0, 0.05) is 0 Å². The second-order valence-corrected chi connectivity index (χ2v) is 3.22. The average Bonchev–Trinajstić information content (AvgIpc) is 3.00. The predicted octanol–water partition coefficient (Wildman–Crippen LogP) is 0.480. The van der Waals surface area contributed by atoms with Crippen LogP contribution in [0.4, 0.5) is 0 Å². The highest BCUT2D eigenvalue weighted by Gasteiger charge is 2.36. The number of ether oxygens (including phenoxy) is 1. The van der Waals surface area contributed by atoms with E-state index in [9.17, 15) is 10.2 Å². The first-order valence-electron chi connectivity index (χ1n) is 4.32. The Balaban J connectivity index is 2.07. The molecule has 1 saturated heterocycles. The Morgan fingerprint density at radius 2 is 1.85 bits per heavy atom. The van der Waals surface area contributed by atoms with Crippen molar-refractivity contribution in [1.82, 2.24) is 0 Å². The second kappa shape index (κ2) is 3.46. The molecule has 13 heavy (non-hydrogen) atoms. The number of hydrogen-bond acceptors (Lipinski definition) is 3. The van der Waals surface area contributed by atoms with Crippen molar-refractivity contribution >= 4 is 0 Å². The van der Waals surface area contributed by atoms with E-state index in [4.69, 9.17) is 4.74 Å². The van der Waals surface area contributed by atoms with Crippen molar-refractivity contribution < 1.29 is 14.9 Å². The first kappa shape index (κ1) is 8.69. The van der Waals surface area contributed by atoms with Gasteiger partial charge in [0.05, 0.1) is 6.61 Å². The second-order valence-electron chi connectivity index (χ2n) is 3.22. The summed E-state index contributed by atoms with van der Waals surface area (Å²) in [5.41, 5.74) is 0.727. The minimum Gasteiger partial charge on any atom is -0.387 e. The van der Waals surface area contributed by atoms with Crippen molar-refractivity contribution in [1.29, 1.82) is 0 Å². The fourth-order valence-electron chi connectivity index (χ4n) is 1.30. The van der Waals surface area contributed by atoms with Gasteiger partial charge in [-0.1, -0.05) is 30.3 Å². The summed E-state index contributed by atoms with van der Waals surface area (Å²) in [6.45, 7) is 0.547. The van der Waals surface area contributed by atoms with Crippen LogP contribution in [0.2, 0.25) is 0 Å². The zero-order valence-corrected chi connectivity index (χ0v) is 7.13. The summed E-state index contributed by atoms with van der Waals surface area (Å²) in [6.07, 6.45) is -1.83. The zero-order valence-electron chi connectivity index (χ0n) is 7.13. The summed E-state index contributed by atoms with van der Waals surface area (Å²) in [7, 11) is 0. The van der Waals surface area contributed by atoms with Gasteiger partial charge in [0.25, 0.3) is 0 Å². The predicted molar refractivity (Wildman–Crippen MR) is 47.1 cm³/mol. The molecule has 1 aliphatic rings. The van der Waals surface area contributed by atoms with E-state index in [1.165, 1.54) is 0 Å². The normalized spacial score (nSPS) is 25.2. The monoisotopic (exact) mass is 180 g/mol. The molecule has 3 atom stereocenters. The lowest BCUT2D eigenvalue weighted by atomic mass is 10.0. The van der Waals surface area contributed by atoms with Crippen molar-refractivity contribution in [3.8, 4) is 0 Å². The molecule has 3 heteroatoms. The lowest BCUT2D eigenvalue weighted by Crippen LogP contribution is -2.23. The fraction of sp³-hybridized carbons (Fsp3) is 0.400. The highest BCUT2D eigenvalue weighted by atomic mass is 16.6. The third-order valence-corrected chi connectivity index (χ3v) is 2.20. The maximum atomic E-state index is 9.67. The minimum atomic E-state index is -0.839. The van der Waals surface area contributed by atoms with Crippen LogP contribution in [-0.2, 0) is 4.74 Å². The van der Waals surface area contributed by atoms with Crippen molar-refractivity contribution in [3.05, 3.63) is 35.9 Å². The van der Waals surface area contributed by atoms with Gasteiger partial charge in [-0.05, 0) is 5.56 Å². The molecule has 1 aromatic carbocycles. The Kier molecular flexibility index (Phi) is 2.31. The van der Waals surface area contributed by atoms with E-state index in [-0.39, 0.29) is 6.10 Å².